The van der Waals surface area contributed by atoms with Gasteiger partial charge in [0, 0.05) is 5.56 Å². The maximum absolute atomic E-state index is 10.2. The molecule has 2 aromatic rings. The standard InChI is InChI=1S/C9H7BN2O3/c13-10(12-14)8-3-1-2-7(6-8)9-11-4-5-15-9/h1-6,13H. The van der Waals surface area contributed by atoms with Crippen molar-refractivity contribution in [3.8, 4) is 11.5 Å². The minimum atomic E-state index is -1.35. The van der Waals surface area contributed by atoms with E-state index >= 15 is 0 Å². The maximum atomic E-state index is 10.2. The van der Waals surface area contributed by atoms with Crippen LogP contribution in [0.2, 0.25) is 0 Å². The third kappa shape index (κ3) is 1.94. The predicted molar refractivity (Wildman–Crippen MR) is 55.3 cm³/mol. The second-order valence-corrected chi connectivity index (χ2v) is 2.94. The van der Waals surface area contributed by atoms with Crippen LogP contribution in [0.25, 0.3) is 11.5 Å². The van der Waals surface area contributed by atoms with Gasteiger partial charge in [0.15, 0.2) is 0 Å². The first-order chi connectivity index (χ1) is 7.31. The smallest absolute Gasteiger partial charge is 0.445 e. The molecule has 1 aromatic carbocycles. The zero-order valence-corrected chi connectivity index (χ0v) is 7.70. The van der Waals surface area contributed by atoms with Gasteiger partial charge in [0.25, 0.3) is 0 Å². The highest BCUT2D eigenvalue weighted by Crippen LogP contribution is 2.14. The third-order valence-corrected chi connectivity index (χ3v) is 1.96. The lowest BCUT2D eigenvalue weighted by Gasteiger charge is -1.99. The van der Waals surface area contributed by atoms with Gasteiger partial charge in [0.2, 0.25) is 5.89 Å². The van der Waals surface area contributed by atoms with Crippen LogP contribution in [-0.4, -0.2) is 17.1 Å². The van der Waals surface area contributed by atoms with Crippen molar-refractivity contribution in [3.05, 3.63) is 41.6 Å². The van der Waals surface area contributed by atoms with Gasteiger partial charge >= 0.3 is 7.05 Å². The molecule has 1 heterocycles. The Hall–Kier alpha value is -1.95. The molecule has 5 nitrogen and oxygen atoms in total. The molecule has 0 saturated carbocycles. The van der Waals surface area contributed by atoms with E-state index in [4.69, 9.17) is 4.42 Å². The van der Waals surface area contributed by atoms with E-state index in [0.717, 1.165) is 0 Å². The monoisotopic (exact) mass is 202 g/mol. The molecule has 0 aliphatic heterocycles. The first-order valence-corrected chi connectivity index (χ1v) is 4.31. The van der Waals surface area contributed by atoms with E-state index < -0.39 is 7.05 Å². The van der Waals surface area contributed by atoms with E-state index in [1.807, 2.05) is 0 Å². The number of nitrogens with zero attached hydrogens (tertiary/aromatic N) is 2. The highest BCUT2D eigenvalue weighted by Gasteiger charge is 2.16. The van der Waals surface area contributed by atoms with Crippen LogP contribution >= 0.6 is 0 Å². The van der Waals surface area contributed by atoms with Crippen molar-refractivity contribution in [3.63, 3.8) is 0 Å². The van der Waals surface area contributed by atoms with Crippen molar-refractivity contribution in [2.45, 2.75) is 0 Å². The van der Waals surface area contributed by atoms with Crippen molar-refractivity contribution in [2.75, 3.05) is 0 Å². The summed E-state index contributed by atoms with van der Waals surface area (Å²) in [7, 11) is -1.35. The van der Waals surface area contributed by atoms with Crippen LogP contribution in [0.4, 0.5) is 0 Å². The molecule has 74 valence electrons. The summed E-state index contributed by atoms with van der Waals surface area (Å²) in [6.45, 7) is 0. The quantitative estimate of drug-likeness (QED) is 0.589. The summed E-state index contributed by atoms with van der Waals surface area (Å²) in [5.41, 5.74) is 1.11. The fraction of sp³-hybridized carbons (Fsp3) is 0. The summed E-state index contributed by atoms with van der Waals surface area (Å²) >= 11 is 0. The van der Waals surface area contributed by atoms with E-state index in [1.165, 1.54) is 12.5 Å². The van der Waals surface area contributed by atoms with Crippen molar-refractivity contribution in [1.82, 2.24) is 4.98 Å². The normalized spacial score (nSPS) is 9.93. The van der Waals surface area contributed by atoms with E-state index in [2.05, 4.69) is 10.1 Å². The van der Waals surface area contributed by atoms with Crippen LogP contribution in [0.1, 0.15) is 0 Å². The molecule has 0 bridgehead atoms. The molecular formula is C9H7BN2O3. The first kappa shape index (κ1) is 9.60. The van der Waals surface area contributed by atoms with Crippen molar-refractivity contribution in [2.24, 2.45) is 5.09 Å². The van der Waals surface area contributed by atoms with Crippen LogP contribution in [0.15, 0.2) is 46.2 Å². The molecule has 0 aliphatic carbocycles. The van der Waals surface area contributed by atoms with Crippen LogP contribution in [0.3, 0.4) is 0 Å². The number of aromatic nitrogens is 1. The van der Waals surface area contributed by atoms with Gasteiger partial charge in [-0.05, 0) is 11.5 Å². The zero-order valence-electron chi connectivity index (χ0n) is 7.70. The summed E-state index contributed by atoms with van der Waals surface area (Å²) in [5, 5.41) is 11.8. The van der Waals surface area contributed by atoms with Crippen molar-refractivity contribution >= 4 is 12.5 Å². The SMILES string of the molecule is O=NB(O)c1cccc(-c2ncco2)c1. The summed E-state index contributed by atoms with van der Waals surface area (Å²) < 4.78 is 5.09. The van der Waals surface area contributed by atoms with Gasteiger partial charge in [-0.2, -0.15) is 4.91 Å². The molecule has 0 aliphatic rings. The molecule has 15 heavy (non-hydrogen) atoms. The average molecular weight is 202 g/mol. The second-order valence-electron chi connectivity index (χ2n) is 2.94. The fourth-order valence-corrected chi connectivity index (χ4v) is 1.26. The molecule has 0 atom stereocenters. The van der Waals surface area contributed by atoms with E-state index in [1.54, 1.807) is 24.3 Å². The van der Waals surface area contributed by atoms with Gasteiger partial charge in [-0.1, -0.05) is 23.3 Å². The lowest BCUT2D eigenvalue weighted by Crippen LogP contribution is -2.27. The number of benzene rings is 1. The highest BCUT2D eigenvalue weighted by molar-refractivity contribution is 6.64. The van der Waals surface area contributed by atoms with Gasteiger partial charge in [-0.15, -0.1) is 0 Å². The minimum absolute atomic E-state index is 0.417. The lowest BCUT2D eigenvalue weighted by molar-refractivity contribution is 0.574. The molecule has 1 N–H and O–H groups in total. The Morgan fingerprint density at radius 1 is 1.47 bits per heavy atom. The molecule has 0 fully saturated rings. The number of nitroso groups, excluding NO2 is 1. The van der Waals surface area contributed by atoms with Crippen LogP contribution < -0.4 is 5.46 Å². The van der Waals surface area contributed by atoms with Gasteiger partial charge in [-0.3, -0.25) is 0 Å². The third-order valence-electron chi connectivity index (χ3n) is 1.96. The number of hydrogen-bond acceptors (Lipinski definition) is 5. The number of rotatable bonds is 3. The van der Waals surface area contributed by atoms with Gasteiger partial charge in [-0.25, -0.2) is 4.98 Å². The number of hydrogen-bond donors (Lipinski definition) is 1. The van der Waals surface area contributed by atoms with Gasteiger partial charge < -0.3 is 9.44 Å². The van der Waals surface area contributed by atoms with E-state index in [-0.39, 0.29) is 0 Å². The van der Waals surface area contributed by atoms with Gasteiger partial charge in [0.1, 0.15) is 6.26 Å². The highest BCUT2D eigenvalue weighted by atomic mass is 16.3. The summed E-state index contributed by atoms with van der Waals surface area (Å²) in [4.78, 5) is 14.1. The Morgan fingerprint density at radius 2 is 2.33 bits per heavy atom. The summed E-state index contributed by atoms with van der Waals surface area (Å²) in [6, 6.07) is 6.69. The molecular weight excluding hydrogens is 195 g/mol. The number of oxazole rings is 1. The van der Waals surface area contributed by atoms with E-state index in [0.29, 0.717) is 16.9 Å². The maximum Gasteiger partial charge on any atom is 0.517 e. The van der Waals surface area contributed by atoms with Crippen LogP contribution in [-0.2, 0) is 0 Å². The summed E-state index contributed by atoms with van der Waals surface area (Å²) in [6.07, 6.45) is 2.98. The minimum Gasteiger partial charge on any atom is -0.445 e. The molecule has 0 spiro atoms. The second kappa shape index (κ2) is 4.06. The van der Waals surface area contributed by atoms with Crippen molar-refractivity contribution < 1.29 is 9.44 Å². The topological polar surface area (TPSA) is 75.7 Å². The van der Waals surface area contributed by atoms with Crippen LogP contribution in [0, 0.1) is 4.91 Å². The Labute approximate surface area is 85.9 Å². The lowest BCUT2D eigenvalue weighted by atomic mass is 9.75. The molecule has 2 rings (SSSR count). The Morgan fingerprint density at radius 3 is 3.00 bits per heavy atom. The zero-order chi connectivity index (χ0) is 10.7. The largest absolute Gasteiger partial charge is 0.517 e. The van der Waals surface area contributed by atoms with Crippen LogP contribution in [0.5, 0.6) is 0 Å². The Balaban J connectivity index is 2.39. The molecule has 0 radical (unpaired) electrons. The summed E-state index contributed by atoms with van der Waals surface area (Å²) in [5.74, 6) is 0.440. The van der Waals surface area contributed by atoms with Crippen molar-refractivity contribution in [1.29, 1.82) is 0 Å². The van der Waals surface area contributed by atoms with Gasteiger partial charge in [0.05, 0.1) is 6.20 Å². The molecule has 0 unspecified atom stereocenters. The average Bonchev–Trinajstić information content (AvgIpc) is 2.82. The Kier molecular flexibility index (Phi) is 2.60. The molecule has 1 aromatic heterocycles. The molecule has 0 amide bonds. The molecule has 0 saturated heterocycles. The first-order valence-electron chi connectivity index (χ1n) is 4.31. The fourth-order valence-electron chi connectivity index (χ4n) is 1.26. The Bertz CT molecular complexity index is 458. The molecule has 6 heteroatoms. The van der Waals surface area contributed by atoms with E-state index in [9.17, 15) is 9.93 Å². The predicted octanol–water partition coefficient (Wildman–Crippen LogP) is 0.795.